The number of nitrogens with one attached hydrogen (secondary N) is 1. The fraction of sp³-hybridized carbons (Fsp3) is 0.154. The van der Waals surface area contributed by atoms with Crippen molar-refractivity contribution in [3.05, 3.63) is 107 Å². The van der Waals surface area contributed by atoms with Crippen molar-refractivity contribution < 1.29 is 14.0 Å². The van der Waals surface area contributed by atoms with Crippen LogP contribution in [0.15, 0.2) is 77.5 Å². The van der Waals surface area contributed by atoms with Gasteiger partial charge in [-0.2, -0.15) is 0 Å². The van der Waals surface area contributed by atoms with E-state index >= 15 is 0 Å². The molecule has 0 saturated heterocycles. The molecular formula is C26H23N3O3. The van der Waals surface area contributed by atoms with E-state index in [-0.39, 0.29) is 11.8 Å². The molecule has 2 amide bonds. The summed E-state index contributed by atoms with van der Waals surface area (Å²) in [4.78, 5) is 27.7. The van der Waals surface area contributed by atoms with E-state index in [0.29, 0.717) is 35.8 Å². The summed E-state index contributed by atoms with van der Waals surface area (Å²) >= 11 is 0. The fourth-order valence-corrected chi connectivity index (χ4v) is 4.13. The molecule has 1 N–H and O–H groups in total. The molecule has 0 bridgehead atoms. The van der Waals surface area contributed by atoms with Gasteiger partial charge < -0.3 is 14.3 Å². The van der Waals surface area contributed by atoms with Crippen molar-refractivity contribution >= 4 is 23.4 Å². The van der Waals surface area contributed by atoms with Crippen LogP contribution < -0.4 is 10.2 Å². The highest BCUT2D eigenvalue weighted by Gasteiger charge is 2.27. The van der Waals surface area contributed by atoms with Gasteiger partial charge in [0, 0.05) is 34.3 Å². The van der Waals surface area contributed by atoms with Gasteiger partial charge in [0.2, 0.25) is 5.88 Å². The minimum absolute atomic E-state index is 0.150. The Morgan fingerprint density at radius 1 is 0.969 bits per heavy atom. The van der Waals surface area contributed by atoms with E-state index in [0.717, 1.165) is 22.4 Å². The standard InChI is InChI=1S/C26H23N3O3/c1-17-5-10-23(18(2)14-17)24(30)27-21-8-6-19(7-9-21)25(31)29-16-22-4-3-12-28(22)15-20-11-13-32-26(20)29/h3-14H,15-16H2,1-2H3,(H,27,30). The molecule has 32 heavy (non-hydrogen) atoms. The second-order valence-electron chi connectivity index (χ2n) is 8.12. The molecule has 1 aliphatic rings. The topological polar surface area (TPSA) is 67.5 Å². The number of aromatic nitrogens is 1. The molecule has 4 aromatic rings. The van der Waals surface area contributed by atoms with Crippen molar-refractivity contribution in [2.24, 2.45) is 0 Å². The van der Waals surface area contributed by atoms with Crippen molar-refractivity contribution in [3.8, 4) is 0 Å². The van der Waals surface area contributed by atoms with Gasteiger partial charge in [0.05, 0.1) is 19.4 Å². The lowest BCUT2D eigenvalue weighted by Gasteiger charge is -2.19. The van der Waals surface area contributed by atoms with Crippen LogP contribution in [0.1, 0.15) is 43.1 Å². The Hall–Kier alpha value is -4.06. The van der Waals surface area contributed by atoms with Gasteiger partial charge in [-0.25, -0.2) is 0 Å². The van der Waals surface area contributed by atoms with Crippen molar-refractivity contribution in [3.63, 3.8) is 0 Å². The maximum absolute atomic E-state index is 13.3. The Morgan fingerprint density at radius 3 is 2.56 bits per heavy atom. The molecule has 2 aromatic heterocycles. The van der Waals surface area contributed by atoms with E-state index < -0.39 is 0 Å². The Kier molecular flexibility index (Phi) is 4.90. The number of nitrogens with zero attached hydrogens (tertiary/aromatic N) is 2. The summed E-state index contributed by atoms with van der Waals surface area (Å²) in [6.45, 7) is 5.01. The molecule has 0 atom stereocenters. The second kappa shape index (κ2) is 7.89. The molecule has 0 aliphatic carbocycles. The first-order chi connectivity index (χ1) is 15.5. The summed E-state index contributed by atoms with van der Waals surface area (Å²) in [6, 6.07) is 18.6. The first-order valence-electron chi connectivity index (χ1n) is 10.5. The summed E-state index contributed by atoms with van der Waals surface area (Å²) in [5.74, 6) is 0.254. The number of hydrogen-bond donors (Lipinski definition) is 1. The third-order valence-corrected chi connectivity index (χ3v) is 5.81. The highest BCUT2D eigenvalue weighted by atomic mass is 16.3. The van der Waals surface area contributed by atoms with E-state index in [9.17, 15) is 9.59 Å². The van der Waals surface area contributed by atoms with E-state index in [1.165, 1.54) is 0 Å². The molecule has 6 heteroatoms. The molecule has 1 aliphatic heterocycles. The van der Waals surface area contributed by atoms with Crippen molar-refractivity contribution in [1.29, 1.82) is 0 Å². The molecular weight excluding hydrogens is 402 g/mol. The molecule has 5 rings (SSSR count). The molecule has 160 valence electrons. The zero-order chi connectivity index (χ0) is 22.2. The van der Waals surface area contributed by atoms with Gasteiger partial charge in [-0.3, -0.25) is 14.5 Å². The van der Waals surface area contributed by atoms with Gasteiger partial charge in [0.25, 0.3) is 11.8 Å². The van der Waals surface area contributed by atoms with E-state index in [4.69, 9.17) is 4.42 Å². The van der Waals surface area contributed by atoms with Crippen LogP contribution in [0.25, 0.3) is 0 Å². The molecule has 0 saturated carbocycles. The maximum Gasteiger partial charge on any atom is 0.260 e. The third-order valence-electron chi connectivity index (χ3n) is 5.81. The molecule has 0 unspecified atom stereocenters. The predicted molar refractivity (Wildman–Crippen MR) is 123 cm³/mol. The zero-order valence-corrected chi connectivity index (χ0v) is 18.0. The molecule has 0 spiro atoms. The van der Waals surface area contributed by atoms with E-state index in [2.05, 4.69) is 9.88 Å². The van der Waals surface area contributed by atoms with Gasteiger partial charge in [-0.15, -0.1) is 0 Å². The number of rotatable bonds is 3. The largest absolute Gasteiger partial charge is 0.448 e. The van der Waals surface area contributed by atoms with E-state index in [1.807, 2.05) is 56.4 Å². The Labute approximate surface area is 186 Å². The van der Waals surface area contributed by atoms with Crippen LogP contribution >= 0.6 is 0 Å². The smallest absolute Gasteiger partial charge is 0.260 e. The number of benzene rings is 2. The predicted octanol–water partition coefficient (Wildman–Crippen LogP) is 5.16. The first kappa shape index (κ1) is 19.9. The summed E-state index contributed by atoms with van der Waals surface area (Å²) in [6.07, 6.45) is 3.62. The van der Waals surface area contributed by atoms with Gasteiger partial charge in [0.1, 0.15) is 0 Å². The number of anilines is 2. The maximum atomic E-state index is 13.3. The molecule has 3 heterocycles. The monoisotopic (exact) mass is 425 g/mol. The van der Waals surface area contributed by atoms with Crippen LogP contribution in [-0.4, -0.2) is 16.4 Å². The number of carbonyl (C=O) groups excluding carboxylic acids is 2. The van der Waals surface area contributed by atoms with Crippen LogP contribution in [0.2, 0.25) is 0 Å². The number of furan rings is 1. The summed E-state index contributed by atoms with van der Waals surface area (Å²) in [7, 11) is 0. The van der Waals surface area contributed by atoms with Gasteiger partial charge in [-0.1, -0.05) is 17.7 Å². The molecule has 0 radical (unpaired) electrons. The zero-order valence-electron chi connectivity index (χ0n) is 18.0. The normalized spacial score (nSPS) is 12.6. The van der Waals surface area contributed by atoms with Crippen molar-refractivity contribution in [2.75, 3.05) is 10.2 Å². The number of fused-ring (bicyclic) bond motifs is 2. The molecule has 6 nitrogen and oxygen atoms in total. The summed E-state index contributed by atoms with van der Waals surface area (Å²) < 4.78 is 7.79. The third kappa shape index (κ3) is 3.60. The fourth-order valence-electron chi connectivity index (χ4n) is 4.13. The Morgan fingerprint density at radius 2 is 1.78 bits per heavy atom. The van der Waals surface area contributed by atoms with Crippen molar-refractivity contribution in [2.45, 2.75) is 26.9 Å². The lowest BCUT2D eigenvalue weighted by atomic mass is 10.1. The Balaban J connectivity index is 1.36. The van der Waals surface area contributed by atoms with Crippen molar-refractivity contribution in [1.82, 2.24) is 4.57 Å². The number of aryl methyl sites for hydroxylation is 2. The summed E-state index contributed by atoms with van der Waals surface area (Å²) in [5.41, 5.74) is 5.84. The average Bonchev–Trinajstić information content (AvgIpc) is 3.39. The highest BCUT2D eigenvalue weighted by Crippen LogP contribution is 2.30. The minimum Gasteiger partial charge on any atom is -0.448 e. The van der Waals surface area contributed by atoms with Crippen LogP contribution in [-0.2, 0) is 13.1 Å². The number of carbonyl (C=O) groups is 2. The van der Waals surface area contributed by atoms with Gasteiger partial charge >= 0.3 is 0 Å². The minimum atomic E-state index is -0.171. The molecule has 0 fully saturated rings. The number of amides is 2. The average molecular weight is 425 g/mol. The van der Waals surface area contributed by atoms with E-state index in [1.54, 1.807) is 35.4 Å². The highest BCUT2D eigenvalue weighted by molar-refractivity contribution is 6.07. The summed E-state index contributed by atoms with van der Waals surface area (Å²) in [5, 5.41) is 2.91. The Bertz CT molecular complexity index is 1310. The quantitative estimate of drug-likeness (QED) is 0.493. The van der Waals surface area contributed by atoms with Crippen LogP contribution in [0, 0.1) is 13.8 Å². The number of hydrogen-bond acceptors (Lipinski definition) is 3. The van der Waals surface area contributed by atoms with Crippen LogP contribution in [0.3, 0.4) is 0 Å². The lowest BCUT2D eigenvalue weighted by Crippen LogP contribution is -2.30. The lowest BCUT2D eigenvalue weighted by molar-refractivity contribution is 0.0979. The second-order valence-corrected chi connectivity index (χ2v) is 8.12. The van der Waals surface area contributed by atoms with Gasteiger partial charge in [0.15, 0.2) is 0 Å². The molecule has 2 aromatic carbocycles. The SMILES string of the molecule is Cc1ccc(C(=O)Nc2ccc(C(=O)N3Cc4cccn4Cc4ccoc43)cc2)c(C)c1. The van der Waals surface area contributed by atoms with Gasteiger partial charge in [-0.05, 0) is 67.9 Å². The van der Waals surface area contributed by atoms with Crippen LogP contribution in [0.4, 0.5) is 11.6 Å². The van der Waals surface area contributed by atoms with Crippen LogP contribution in [0.5, 0.6) is 0 Å². The first-order valence-corrected chi connectivity index (χ1v) is 10.5.